The van der Waals surface area contributed by atoms with E-state index in [1.165, 1.54) is 5.56 Å². The molecule has 0 aliphatic heterocycles. The summed E-state index contributed by atoms with van der Waals surface area (Å²) >= 11 is 0. The monoisotopic (exact) mass is 257 g/mol. The second-order valence-corrected chi connectivity index (χ2v) is 4.47. The molecule has 0 bridgehead atoms. The van der Waals surface area contributed by atoms with Crippen LogP contribution in [0.4, 0.5) is 23.3 Å². The maximum atomic E-state index is 5.71. The van der Waals surface area contributed by atoms with Gasteiger partial charge in [0.2, 0.25) is 5.95 Å². The lowest BCUT2D eigenvalue weighted by molar-refractivity contribution is 1.12. The maximum absolute atomic E-state index is 5.71. The second-order valence-electron chi connectivity index (χ2n) is 4.47. The van der Waals surface area contributed by atoms with Crippen LogP contribution in [0.3, 0.4) is 0 Å². The van der Waals surface area contributed by atoms with Crippen molar-refractivity contribution in [3.8, 4) is 0 Å². The number of nitrogens with one attached hydrogen (secondary N) is 2. The van der Waals surface area contributed by atoms with Gasteiger partial charge in [-0.1, -0.05) is 12.1 Å². The van der Waals surface area contributed by atoms with Crippen LogP contribution in [0.1, 0.15) is 18.1 Å². The van der Waals surface area contributed by atoms with Gasteiger partial charge >= 0.3 is 0 Å². The summed E-state index contributed by atoms with van der Waals surface area (Å²) in [4.78, 5) is 8.32. The number of nitrogen functional groups attached to an aromatic ring is 1. The molecule has 5 heteroatoms. The van der Waals surface area contributed by atoms with E-state index in [0.717, 1.165) is 23.6 Å². The molecule has 4 N–H and O–H groups in total. The van der Waals surface area contributed by atoms with Crippen LogP contribution in [0.2, 0.25) is 0 Å². The van der Waals surface area contributed by atoms with Crippen LogP contribution in [-0.4, -0.2) is 16.5 Å². The fourth-order valence-electron chi connectivity index (χ4n) is 1.81. The summed E-state index contributed by atoms with van der Waals surface area (Å²) in [5.74, 6) is 1.67. The van der Waals surface area contributed by atoms with Gasteiger partial charge in [0.05, 0.1) is 0 Å². The zero-order valence-electron chi connectivity index (χ0n) is 11.5. The summed E-state index contributed by atoms with van der Waals surface area (Å²) in [5.41, 5.74) is 9.09. The summed E-state index contributed by atoms with van der Waals surface area (Å²) in [6, 6.07) is 8.09. The van der Waals surface area contributed by atoms with Crippen molar-refractivity contribution in [2.75, 3.05) is 22.9 Å². The maximum Gasteiger partial charge on any atom is 0.223 e. The zero-order chi connectivity index (χ0) is 13.8. The van der Waals surface area contributed by atoms with Crippen molar-refractivity contribution in [1.29, 1.82) is 0 Å². The molecule has 5 nitrogen and oxygen atoms in total. The lowest BCUT2D eigenvalue weighted by atomic mass is 10.1. The van der Waals surface area contributed by atoms with E-state index in [1.807, 2.05) is 13.0 Å². The van der Waals surface area contributed by atoms with Crippen molar-refractivity contribution in [3.05, 3.63) is 35.4 Å². The summed E-state index contributed by atoms with van der Waals surface area (Å²) in [6.45, 7) is 6.91. The standard InChI is InChI=1S/C14H19N5/c1-4-16-12-8-13(19-14(15)18-12)17-11-7-9(2)5-6-10(11)3/h5-8H,4H2,1-3H3,(H4,15,16,17,18,19). The SMILES string of the molecule is CCNc1cc(Nc2cc(C)ccc2C)nc(N)n1. The Morgan fingerprint density at radius 2 is 1.84 bits per heavy atom. The van der Waals surface area contributed by atoms with E-state index in [2.05, 4.69) is 52.6 Å². The second kappa shape index (κ2) is 5.56. The van der Waals surface area contributed by atoms with E-state index < -0.39 is 0 Å². The van der Waals surface area contributed by atoms with E-state index in [4.69, 9.17) is 5.73 Å². The molecule has 0 saturated carbocycles. The molecule has 0 aliphatic rings. The molecule has 0 aliphatic carbocycles. The Kier molecular flexibility index (Phi) is 3.85. The molecule has 1 aromatic carbocycles. The number of aromatic nitrogens is 2. The molecule has 0 atom stereocenters. The number of nitrogens with two attached hydrogens (primary N) is 1. The Balaban J connectivity index is 2.29. The van der Waals surface area contributed by atoms with Crippen molar-refractivity contribution in [1.82, 2.24) is 9.97 Å². The van der Waals surface area contributed by atoms with Gasteiger partial charge in [-0.2, -0.15) is 9.97 Å². The summed E-state index contributed by atoms with van der Waals surface area (Å²) in [6.07, 6.45) is 0. The van der Waals surface area contributed by atoms with Gasteiger partial charge in [-0.3, -0.25) is 0 Å². The van der Waals surface area contributed by atoms with Crippen LogP contribution in [-0.2, 0) is 0 Å². The molecule has 2 rings (SSSR count). The first-order chi connectivity index (χ1) is 9.08. The molecule has 100 valence electrons. The minimum absolute atomic E-state index is 0.256. The van der Waals surface area contributed by atoms with Gasteiger partial charge in [-0.25, -0.2) is 0 Å². The van der Waals surface area contributed by atoms with Crippen LogP contribution in [0.5, 0.6) is 0 Å². The third kappa shape index (κ3) is 3.34. The van der Waals surface area contributed by atoms with E-state index >= 15 is 0 Å². The van der Waals surface area contributed by atoms with Gasteiger partial charge in [0.15, 0.2) is 0 Å². The third-order valence-corrected chi connectivity index (χ3v) is 2.76. The molecule has 1 heterocycles. The number of aryl methyl sites for hydroxylation is 2. The number of nitrogens with zero attached hydrogens (tertiary/aromatic N) is 2. The largest absolute Gasteiger partial charge is 0.370 e. The Labute approximate surface area is 113 Å². The lowest BCUT2D eigenvalue weighted by Crippen LogP contribution is -2.06. The van der Waals surface area contributed by atoms with Crippen LogP contribution < -0.4 is 16.4 Å². The Morgan fingerprint density at radius 1 is 1.11 bits per heavy atom. The molecule has 0 radical (unpaired) electrons. The van der Waals surface area contributed by atoms with Crippen LogP contribution in [0, 0.1) is 13.8 Å². The van der Waals surface area contributed by atoms with Crippen LogP contribution in [0.25, 0.3) is 0 Å². The summed E-state index contributed by atoms with van der Waals surface area (Å²) in [7, 11) is 0. The molecule has 1 aromatic heterocycles. The predicted molar refractivity (Wildman–Crippen MR) is 79.8 cm³/mol. The minimum atomic E-state index is 0.256. The highest BCUT2D eigenvalue weighted by molar-refractivity contribution is 5.64. The first-order valence-electron chi connectivity index (χ1n) is 6.31. The van der Waals surface area contributed by atoms with E-state index in [1.54, 1.807) is 0 Å². The fraction of sp³-hybridized carbons (Fsp3) is 0.286. The predicted octanol–water partition coefficient (Wildman–Crippen LogP) is 2.85. The average molecular weight is 257 g/mol. The Bertz CT molecular complexity index is 580. The highest BCUT2D eigenvalue weighted by atomic mass is 15.1. The number of benzene rings is 1. The lowest BCUT2D eigenvalue weighted by Gasteiger charge is -2.11. The number of hydrogen-bond acceptors (Lipinski definition) is 5. The third-order valence-electron chi connectivity index (χ3n) is 2.76. The van der Waals surface area contributed by atoms with E-state index in [0.29, 0.717) is 5.82 Å². The zero-order valence-corrected chi connectivity index (χ0v) is 11.5. The number of anilines is 4. The molecular formula is C14H19N5. The van der Waals surface area contributed by atoms with Gasteiger partial charge in [-0.15, -0.1) is 0 Å². The highest BCUT2D eigenvalue weighted by Gasteiger charge is 2.04. The van der Waals surface area contributed by atoms with Gasteiger partial charge in [0.25, 0.3) is 0 Å². The van der Waals surface area contributed by atoms with E-state index in [9.17, 15) is 0 Å². The molecule has 0 unspecified atom stereocenters. The molecule has 19 heavy (non-hydrogen) atoms. The van der Waals surface area contributed by atoms with E-state index in [-0.39, 0.29) is 5.95 Å². The molecule has 2 aromatic rings. The van der Waals surface area contributed by atoms with Gasteiger partial charge in [0, 0.05) is 18.3 Å². The number of rotatable bonds is 4. The summed E-state index contributed by atoms with van der Waals surface area (Å²) in [5, 5.41) is 6.41. The van der Waals surface area contributed by atoms with Crippen molar-refractivity contribution in [2.45, 2.75) is 20.8 Å². The minimum Gasteiger partial charge on any atom is -0.370 e. The van der Waals surface area contributed by atoms with Gasteiger partial charge in [0.1, 0.15) is 11.6 Å². The topological polar surface area (TPSA) is 75.9 Å². The smallest absolute Gasteiger partial charge is 0.223 e. The van der Waals surface area contributed by atoms with Crippen molar-refractivity contribution >= 4 is 23.3 Å². The first kappa shape index (κ1) is 13.1. The molecule has 0 saturated heterocycles. The normalized spacial score (nSPS) is 10.3. The molecule has 0 amide bonds. The van der Waals surface area contributed by atoms with Crippen LogP contribution in [0.15, 0.2) is 24.3 Å². The van der Waals surface area contributed by atoms with Crippen molar-refractivity contribution in [2.24, 2.45) is 0 Å². The fourth-order valence-corrected chi connectivity index (χ4v) is 1.81. The van der Waals surface area contributed by atoms with Crippen LogP contribution >= 0.6 is 0 Å². The average Bonchev–Trinajstić information content (AvgIpc) is 2.33. The first-order valence-corrected chi connectivity index (χ1v) is 6.31. The molecular weight excluding hydrogens is 238 g/mol. The van der Waals surface area contributed by atoms with Crippen molar-refractivity contribution in [3.63, 3.8) is 0 Å². The van der Waals surface area contributed by atoms with Crippen molar-refractivity contribution < 1.29 is 0 Å². The van der Waals surface area contributed by atoms with Gasteiger partial charge < -0.3 is 16.4 Å². The Morgan fingerprint density at radius 3 is 2.58 bits per heavy atom. The Hall–Kier alpha value is -2.30. The number of hydrogen-bond donors (Lipinski definition) is 3. The quantitative estimate of drug-likeness (QED) is 0.785. The van der Waals surface area contributed by atoms with Gasteiger partial charge in [-0.05, 0) is 38.0 Å². The summed E-state index contributed by atoms with van der Waals surface area (Å²) < 4.78 is 0. The molecule has 0 fully saturated rings. The molecule has 0 spiro atoms. The highest BCUT2D eigenvalue weighted by Crippen LogP contribution is 2.22.